The molecule has 4 N–H and O–H groups in total. The Kier molecular flexibility index (Phi) is 21.7. The number of carbonyl (C=O) groups is 6. The summed E-state index contributed by atoms with van der Waals surface area (Å²) >= 11 is 19.1. The molecule has 0 saturated carbocycles. The van der Waals surface area contributed by atoms with E-state index in [4.69, 9.17) is 47.8 Å². The van der Waals surface area contributed by atoms with Gasteiger partial charge >= 0.3 is 35.9 Å². The number of fused-ring (bicyclic) bond motifs is 2. The number of carbonyl (C=O) groups excluding carboxylic acids is 4. The predicted octanol–water partition coefficient (Wildman–Crippen LogP) is 11.6. The third kappa shape index (κ3) is 15.4. The number of carboxylic acids is 2. The highest BCUT2D eigenvalue weighted by molar-refractivity contribution is 9.10. The maximum absolute atomic E-state index is 15.4. The fraction of sp³-hybridized carbons (Fsp3) is 0.324. The number of aromatic carboxylic acids is 1. The van der Waals surface area contributed by atoms with Gasteiger partial charge in [-0.1, -0.05) is 57.3 Å². The van der Waals surface area contributed by atoms with E-state index in [9.17, 15) is 47.0 Å². The van der Waals surface area contributed by atoms with Crippen LogP contribution < -0.4 is 25.3 Å². The first-order valence-electron chi connectivity index (χ1n) is 33.0. The number of carboxylic acid groups (broad SMARTS) is 2. The first-order chi connectivity index (χ1) is 49.6. The Morgan fingerprint density at radius 1 is 0.602 bits per heavy atom. The number of aromatic nitrogens is 2. The maximum Gasteiger partial charge on any atom is 0.338 e. The Morgan fingerprint density at radius 3 is 1.64 bits per heavy atom. The summed E-state index contributed by atoms with van der Waals surface area (Å²) in [4.78, 5) is 109. The molecule has 4 atom stereocenters. The van der Waals surface area contributed by atoms with Gasteiger partial charge in [-0.25, -0.2) is 51.5 Å². The van der Waals surface area contributed by atoms with Gasteiger partial charge in [0.1, 0.15) is 35.4 Å². The van der Waals surface area contributed by atoms with Crippen LogP contribution in [0.3, 0.4) is 0 Å². The Morgan fingerprint density at radius 2 is 1.14 bits per heavy atom. The zero-order valence-corrected chi connectivity index (χ0v) is 59.9. The van der Waals surface area contributed by atoms with E-state index in [1.165, 1.54) is 76.1 Å². The van der Waals surface area contributed by atoms with Crippen molar-refractivity contribution in [1.29, 1.82) is 0 Å². The number of hydrogen-bond acceptors (Lipinski definition) is 19. The third-order valence-corrected chi connectivity index (χ3v) is 21.6. The number of anilines is 3. The lowest BCUT2D eigenvalue weighted by atomic mass is 9.95. The number of esters is 2. The molecule has 0 radical (unpaired) electrons. The minimum Gasteiger partial charge on any atom is -0.481 e. The molecule has 103 heavy (non-hydrogen) atoms. The predicted molar refractivity (Wildman–Crippen MR) is 384 cm³/mol. The van der Waals surface area contributed by atoms with E-state index in [0.717, 1.165) is 6.07 Å². The molecule has 0 bridgehead atoms. The smallest absolute Gasteiger partial charge is 0.338 e. The first-order valence-corrected chi connectivity index (χ1v) is 36.3. The first kappa shape index (κ1) is 72.1. The van der Waals surface area contributed by atoms with Gasteiger partial charge < -0.3 is 45.0 Å². The number of rotatable bonds is 18. The Hall–Kier alpha value is -9.30. The summed E-state index contributed by atoms with van der Waals surface area (Å²) in [6.45, 7) is 8.65. The van der Waals surface area contributed by atoms with Gasteiger partial charge in [-0.05, 0) is 105 Å². The van der Waals surface area contributed by atoms with E-state index in [0.29, 0.717) is 165 Å². The van der Waals surface area contributed by atoms with Gasteiger partial charge in [0.05, 0.1) is 53.6 Å². The molecule has 23 nitrogen and oxygen atoms in total. The van der Waals surface area contributed by atoms with E-state index in [-0.39, 0.29) is 67.1 Å². The number of hydrogen-bond donors (Lipinski definition) is 4. The van der Waals surface area contributed by atoms with Crippen molar-refractivity contribution < 1.29 is 66.0 Å². The van der Waals surface area contributed by atoms with Crippen LogP contribution in [-0.2, 0) is 23.9 Å². The van der Waals surface area contributed by atoms with Crippen LogP contribution in [0.1, 0.15) is 70.3 Å². The summed E-state index contributed by atoms with van der Waals surface area (Å²) in [5, 5.41) is 30.9. The van der Waals surface area contributed by atoms with E-state index >= 15 is 4.39 Å². The highest BCUT2D eigenvalue weighted by Crippen LogP contribution is 2.42. The highest BCUT2D eigenvalue weighted by Gasteiger charge is 2.45. The number of thiazole rings is 2. The number of piperazine rings is 2. The van der Waals surface area contributed by atoms with Crippen molar-refractivity contribution in [2.24, 2.45) is 15.9 Å². The topological polar surface area (TPSA) is 259 Å². The second-order valence-corrected chi connectivity index (χ2v) is 28.6. The Balaban J connectivity index is 0.000000183. The number of halogens is 7. The molecule has 5 aromatic carbocycles. The number of ether oxygens (including phenoxy) is 2. The van der Waals surface area contributed by atoms with Crippen LogP contribution in [0.2, 0.25) is 10.0 Å². The summed E-state index contributed by atoms with van der Waals surface area (Å²) in [7, 11) is 0. The van der Waals surface area contributed by atoms with Gasteiger partial charge in [-0.15, -0.1) is 22.7 Å². The van der Waals surface area contributed by atoms with Gasteiger partial charge in [0.15, 0.2) is 21.7 Å². The standard InChI is InChI=1S/C36H30Cl2F2N6O5S.C35H36BrF2N7O5S/c1-2-51-35(49)30-29(42-32(33-41-9-12-52-33)43-31(30)25-7-4-20(37)14-26(25)38)18-44-10-11-45-22(16-44)17-46(36(45)50)21-5-8-24(28(40)15-21)23-6-3-19(34(47)48)13-27(23)39;1-2-50-34(48)29-28(40-31(32-39-7-12-51-32)41-30(29)26-4-3-21(37)15-27(26)36)19-42-10-11-44-25(17-42)18-45(35(44)49)24-14-22(38)13-23(16-24)43-8-5-20(6-9-43)33(46)47/h3-9,12-15,22,31H,2,10-11,16-18H2,1H3,(H,42,43)(H,47,48);3-4,7,12-16,20,25,30H,2,5-6,8-11,17-19H2,1H3,(H,40,41)(H,46,47)/t22-,31-;25-,30-/m00/s1. The summed E-state index contributed by atoms with van der Waals surface area (Å²) < 4.78 is 70.8. The molecule has 7 aromatic rings. The van der Waals surface area contributed by atoms with E-state index in [1.54, 1.807) is 77.3 Å². The average molecular weight is 1550 g/mol. The zero-order valence-electron chi connectivity index (χ0n) is 55.2. The number of nitrogens with one attached hydrogen (secondary N) is 2. The van der Waals surface area contributed by atoms with Crippen molar-refractivity contribution >= 4 is 126 Å². The van der Waals surface area contributed by atoms with Gasteiger partial charge in [-0.3, -0.25) is 34.4 Å². The van der Waals surface area contributed by atoms with Crippen LogP contribution in [-0.4, -0.2) is 191 Å². The molecule has 536 valence electrons. The number of aliphatic imine (C=N–C) groups is 2. The fourth-order valence-electron chi connectivity index (χ4n) is 13.9. The molecule has 0 unspecified atom stereocenters. The summed E-state index contributed by atoms with van der Waals surface area (Å²) in [5.74, 6) is -5.20. The van der Waals surface area contributed by atoms with Gasteiger partial charge in [-0.2, -0.15) is 0 Å². The molecule has 14 rings (SSSR count). The molecule has 5 fully saturated rings. The van der Waals surface area contributed by atoms with E-state index in [2.05, 4.69) is 46.3 Å². The maximum atomic E-state index is 15.4. The minimum absolute atomic E-state index is 0.0572. The molecule has 0 spiro atoms. The van der Waals surface area contributed by atoms with Crippen LogP contribution >= 0.6 is 61.8 Å². The normalized spacial score (nSPS) is 20.2. The van der Waals surface area contributed by atoms with E-state index < -0.39 is 65.1 Å². The number of piperidine rings is 1. The molecule has 9 heterocycles. The highest BCUT2D eigenvalue weighted by atomic mass is 79.9. The number of benzene rings is 5. The van der Waals surface area contributed by atoms with Crippen molar-refractivity contribution in [3.8, 4) is 11.1 Å². The monoisotopic (exact) mass is 1550 g/mol. The van der Waals surface area contributed by atoms with Crippen LogP contribution in [0.25, 0.3) is 11.1 Å². The fourth-order valence-corrected chi connectivity index (χ4v) is 16.1. The summed E-state index contributed by atoms with van der Waals surface area (Å²) in [6, 6.07) is 18.7. The lowest BCUT2D eigenvalue weighted by Crippen LogP contribution is -2.53. The van der Waals surface area contributed by atoms with Crippen LogP contribution in [0.4, 0.5) is 44.2 Å². The second kappa shape index (κ2) is 31.0. The van der Waals surface area contributed by atoms with Gasteiger partial charge in [0, 0.05) is 156 Å². The Labute approximate surface area is 614 Å². The Bertz CT molecular complexity index is 4630. The molecule has 7 aliphatic heterocycles. The third-order valence-electron chi connectivity index (χ3n) is 18.8. The van der Waals surface area contributed by atoms with Crippen LogP contribution in [0, 0.1) is 29.2 Å². The largest absolute Gasteiger partial charge is 0.481 e. The van der Waals surface area contributed by atoms with Crippen LogP contribution in [0.5, 0.6) is 0 Å². The number of nitrogens with zero attached hydrogens (tertiary/aromatic N) is 11. The van der Waals surface area contributed by atoms with E-state index in [1.807, 2.05) is 15.7 Å². The number of amides is 4. The van der Waals surface area contributed by atoms with Crippen molar-refractivity contribution in [3.05, 3.63) is 201 Å². The number of amidine groups is 2. The molecule has 0 aliphatic carbocycles. The quantitative estimate of drug-likeness (QED) is 0.0460. The summed E-state index contributed by atoms with van der Waals surface area (Å²) in [5.41, 5.74) is 3.88. The van der Waals surface area contributed by atoms with Crippen LogP contribution in [0.15, 0.2) is 151 Å². The SMILES string of the molecule is CCOC(=O)C1=C(CN2CCN3C(=O)N(c4cc(F)cc(N5CCC(C(=O)O)CC5)c4)C[C@@H]3C2)NC(c2nccs2)=N[C@H]1c1ccc(F)cc1Br.CCOC(=O)C1=C(CN2CCN3C(=O)N(c4ccc(-c5ccc(C(=O)O)cc5F)c(F)c4)C[C@@H]3C2)NC(c2nccs2)=N[C@H]1c1ccc(Cl)cc1Cl. The molecule has 7 aliphatic rings. The number of urea groups is 2. The lowest BCUT2D eigenvalue weighted by Gasteiger charge is -2.38. The molecular formula is C71H66BrCl2F4N13O10S2. The molecule has 5 saturated heterocycles. The molecule has 32 heteroatoms. The van der Waals surface area contributed by atoms with Gasteiger partial charge in [0.25, 0.3) is 0 Å². The van der Waals surface area contributed by atoms with Crippen molar-refractivity contribution in [1.82, 2.24) is 40.2 Å². The molecule has 4 amide bonds. The number of aliphatic carboxylic acids is 1. The van der Waals surface area contributed by atoms with Crippen molar-refractivity contribution in [2.75, 3.05) is 106 Å². The summed E-state index contributed by atoms with van der Waals surface area (Å²) in [6.07, 6.45) is 4.27. The minimum atomic E-state index is -1.30. The molecule has 2 aromatic heterocycles. The van der Waals surface area contributed by atoms with Gasteiger partial charge in [0.2, 0.25) is 0 Å². The lowest BCUT2D eigenvalue weighted by molar-refractivity contribution is -0.142. The average Bonchev–Trinajstić information content (AvgIpc) is 1.76. The molecular weight excluding hydrogens is 1490 g/mol. The van der Waals surface area contributed by atoms with Crippen molar-refractivity contribution in [2.45, 2.75) is 50.9 Å². The zero-order chi connectivity index (χ0) is 72.5. The van der Waals surface area contributed by atoms with Crippen molar-refractivity contribution in [3.63, 3.8) is 0 Å². The second-order valence-electron chi connectivity index (χ2n) is 25.1.